The van der Waals surface area contributed by atoms with Crippen LogP contribution in [0, 0.1) is 12.3 Å². The maximum Gasteiger partial charge on any atom is 0.271 e. The van der Waals surface area contributed by atoms with Crippen LogP contribution >= 0.6 is 0 Å². The lowest BCUT2D eigenvalue weighted by Crippen LogP contribution is -2.35. The van der Waals surface area contributed by atoms with Gasteiger partial charge in [0.2, 0.25) is 0 Å². The summed E-state index contributed by atoms with van der Waals surface area (Å²) < 4.78 is 0. The summed E-state index contributed by atoms with van der Waals surface area (Å²) in [6.07, 6.45) is 4.98. The molecule has 0 aliphatic carbocycles. The predicted molar refractivity (Wildman–Crippen MR) is 51.2 cm³/mol. The molecule has 0 aliphatic rings. The highest BCUT2D eigenvalue weighted by Crippen LogP contribution is 1.89. The first-order valence-corrected chi connectivity index (χ1v) is 3.74. The predicted octanol–water partition coefficient (Wildman–Crippen LogP) is -1.70. The van der Waals surface area contributed by atoms with Crippen LogP contribution in [0.5, 0.6) is 0 Å². The Morgan fingerprint density at radius 3 is 2.46 bits per heavy atom. The van der Waals surface area contributed by atoms with Gasteiger partial charge in [-0.25, -0.2) is 0 Å². The van der Waals surface area contributed by atoms with Gasteiger partial charge in [-0.2, -0.15) is 0 Å². The molecule has 0 bridgehead atoms. The number of amides is 1. The van der Waals surface area contributed by atoms with Gasteiger partial charge in [-0.15, -0.1) is 6.42 Å². The van der Waals surface area contributed by atoms with Gasteiger partial charge in [-0.3, -0.25) is 4.79 Å². The van der Waals surface area contributed by atoms with Crippen LogP contribution in [0.1, 0.15) is 0 Å². The van der Waals surface area contributed by atoms with E-state index in [4.69, 9.17) is 12.2 Å². The Labute approximate surface area is 77.8 Å². The van der Waals surface area contributed by atoms with Gasteiger partial charge in [0.15, 0.2) is 0 Å². The van der Waals surface area contributed by atoms with E-state index in [0.29, 0.717) is 0 Å². The molecule has 72 valence electrons. The summed E-state index contributed by atoms with van der Waals surface area (Å²) in [7, 11) is 3.23. The van der Waals surface area contributed by atoms with Gasteiger partial charge >= 0.3 is 0 Å². The number of carbonyl (C=O) groups excluding carboxylic acids is 1. The molecule has 5 heteroatoms. The normalized spacial score (nSPS) is 10.8. The van der Waals surface area contributed by atoms with Crippen LogP contribution in [0.2, 0.25) is 0 Å². The fourth-order valence-corrected chi connectivity index (χ4v) is 0.715. The van der Waals surface area contributed by atoms with E-state index in [9.17, 15) is 4.79 Å². The molecule has 5 nitrogen and oxygen atoms in total. The number of hydrogen-bond donors (Lipinski definition) is 4. The van der Waals surface area contributed by atoms with Gasteiger partial charge in [-0.1, -0.05) is 5.92 Å². The molecule has 1 amide bonds. The van der Waals surface area contributed by atoms with Gasteiger partial charge in [0.05, 0.1) is 6.54 Å². The smallest absolute Gasteiger partial charge is 0.271 e. The Bertz CT molecular complexity index is 251. The van der Waals surface area contributed by atoms with E-state index in [2.05, 4.69) is 21.9 Å². The minimum Gasteiger partial charge on any atom is -0.384 e. The van der Waals surface area contributed by atoms with Crippen LogP contribution < -0.4 is 21.7 Å². The fourth-order valence-electron chi connectivity index (χ4n) is 0.715. The summed E-state index contributed by atoms with van der Waals surface area (Å²) in [5.74, 6) is 2.24. The fraction of sp³-hybridized carbons (Fsp3) is 0.375. The van der Waals surface area contributed by atoms with Gasteiger partial charge in [0.25, 0.3) is 5.91 Å². The Morgan fingerprint density at radius 1 is 1.46 bits per heavy atom. The number of nitrogens with two attached hydrogens (primary N) is 1. The second-order valence-electron chi connectivity index (χ2n) is 2.18. The quantitative estimate of drug-likeness (QED) is 0.309. The van der Waals surface area contributed by atoms with Crippen LogP contribution in [0.3, 0.4) is 0 Å². The molecule has 0 atom stereocenters. The molecule has 0 aromatic rings. The third-order valence-corrected chi connectivity index (χ3v) is 1.37. The van der Waals surface area contributed by atoms with Crippen molar-refractivity contribution in [2.75, 3.05) is 20.6 Å². The number of likely N-dealkylation sites (N-methyl/N-ethyl adjacent to an activating group) is 1. The van der Waals surface area contributed by atoms with E-state index >= 15 is 0 Å². The highest BCUT2D eigenvalue weighted by molar-refractivity contribution is 5.93. The summed E-state index contributed by atoms with van der Waals surface area (Å²) in [5, 5.41) is 7.81. The molecular weight excluding hydrogens is 168 g/mol. The molecule has 0 spiro atoms. The number of nitrogens with one attached hydrogen (secondary N) is 3. The van der Waals surface area contributed by atoms with Crippen molar-refractivity contribution in [1.82, 2.24) is 16.0 Å². The van der Waals surface area contributed by atoms with E-state index in [-0.39, 0.29) is 24.0 Å². The minimum absolute atomic E-state index is 0.182. The van der Waals surface area contributed by atoms with Gasteiger partial charge in [0.1, 0.15) is 11.5 Å². The number of rotatable bonds is 4. The van der Waals surface area contributed by atoms with Crippen molar-refractivity contribution in [3.8, 4) is 12.3 Å². The summed E-state index contributed by atoms with van der Waals surface area (Å²) >= 11 is 0. The van der Waals surface area contributed by atoms with Crippen molar-refractivity contribution in [3.63, 3.8) is 0 Å². The molecule has 0 fully saturated rings. The molecule has 0 unspecified atom stereocenters. The average molecular weight is 182 g/mol. The van der Waals surface area contributed by atoms with E-state index in [1.165, 1.54) is 0 Å². The molecule has 0 heterocycles. The van der Waals surface area contributed by atoms with E-state index in [0.717, 1.165) is 0 Å². The molecule has 13 heavy (non-hydrogen) atoms. The lowest BCUT2D eigenvalue weighted by Gasteiger charge is -2.09. The lowest BCUT2D eigenvalue weighted by molar-refractivity contribution is -0.117. The average Bonchev–Trinajstić information content (AvgIpc) is 2.15. The molecule has 0 radical (unpaired) electrons. The largest absolute Gasteiger partial charge is 0.384 e. The first-order valence-electron chi connectivity index (χ1n) is 3.74. The second-order valence-corrected chi connectivity index (χ2v) is 2.18. The second kappa shape index (κ2) is 5.77. The standard InChI is InChI=1S/C8H14N4O/c1-4-5-12-8(13)6(10-2)7(9)11-3/h1,10-11H,5,9H2,2-3H3,(H,12,13)/b7-6-. The Hall–Kier alpha value is -1.83. The number of terminal acetylenes is 1. The minimum atomic E-state index is -0.327. The van der Waals surface area contributed by atoms with E-state index in [1.54, 1.807) is 14.1 Å². The topological polar surface area (TPSA) is 79.2 Å². The van der Waals surface area contributed by atoms with Crippen molar-refractivity contribution in [2.24, 2.45) is 5.73 Å². The highest BCUT2D eigenvalue weighted by Gasteiger charge is 2.09. The zero-order valence-electron chi connectivity index (χ0n) is 7.77. The van der Waals surface area contributed by atoms with Crippen LogP contribution in [-0.2, 0) is 4.79 Å². The van der Waals surface area contributed by atoms with Crippen molar-refractivity contribution in [3.05, 3.63) is 11.5 Å². The zero-order chi connectivity index (χ0) is 10.3. The van der Waals surface area contributed by atoms with Crippen LogP contribution in [-0.4, -0.2) is 26.5 Å². The molecule has 0 aromatic carbocycles. The SMILES string of the molecule is C#CCNC(=O)/C(NC)=C(\N)NC. The maximum absolute atomic E-state index is 11.3. The Balaban J connectivity index is 4.43. The molecule has 0 aliphatic heterocycles. The van der Waals surface area contributed by atoms with E-state index < -0.39 is 0 Å². The lowest BCUT2D eigenvalue weighted by atomic mass is 10.4. The van der Waals surface area contributed by atoms with Crippen LogP contribution in [0.15, 0.2) is 11.5 Å². The molecular formula is C8H14N4O. The monoisotopic (exact) mass is 182 g/mol. The number of hydrogen-bond acceptors (Lipinski definition) is 4. The molecule has 0 saturated heterocycles. The molecule has 0 saturated carbocycles. The first-order chi connectivity index (χ1) is 6.17. The third kappa shape index (κ3) is 3.38. The molecule has 0 rings (SSSR count). The van der Waals surface area contributed by atoms with Gasteiger partial charge in [-0.05, 0) is 0 Å². The summed E-state index contributed by atoms with van der Waals surface area (Å²) in [6, 6.07) is 0. The van der Waals surface area contributed by atoms with Crippen molar-refractivity contribution < 1.29 is 4.79 Å². The first kappa shape index (κ1) is 11.2. The van der Waals surface area contributed by atoms with Crippen molar-refractivity contribution >= 4 is 5.91 Å². The molecule has 5 N–H and O–H groups in total. The van der Waals surface area contributed by atoms with Crippen LogP contribution in [0.25, 0.3) is 0 Å². The Kier molecular flexibility index (Phi) is 4.96. The Morgan fingerprint density at radius 2 is 2.08 bits per heavy atom. The number of carbonyl (C=O) groups is 1. The van der Waals surface area contributed by atoms with Crippen molar-refractivity contribution in [1.29, 1.82) is 0 Å². The van der Waals surface area contributed by atoms with Gasteiger partial charge < -0.3 is 21.7 Å². The summed E-state index contributed by atoms with van der Waals surface area (Å²) in [6.45, 7) is 0.182. The summed E-state index contributed by atoms with van der Waals surface area (Å²) in [4.78, 5) is 11.3. The highest BCUT2D eigenvalue weighted by atomic mass is 16.2. The van der Waals surface area contributed by atoms with Gasteiger partial charge in [0, 0.05) is 14.1 Å². The van der Waals surface area contributed by atoms with E-state index in [1.807, 2.05) is 0 Å². The zero-order valence-corrected chi connectivity index (χ0v) is 7.77. The third-order valence-electron chi connectivity index (χ3n) is 1.37. The summed E-state index contributed by atoms with van der Waals surface area (Å²) in [5.41, 5.74) is 5.77. The maximum atomic E-state index is 11.3. The van der Waals surface area contributed by atoms with Crippen LogP contribution in [0.4, 0.5) is 0 Å². The molecule has 0 aromatic heterocycles. The van der Waals surface area contributed by atoms with Crippen molar-refractivity contribution in [2.45, 2.75) is 0 Å².